The van der Waals surface area contributed by atoms with Crippen LogP contribution >= 0.6 is 11.6 Å². The lowest BCUT2D eigenvalue weighted by Gasteiger charge is -2.19. The van der Waals surface area contributed by atoms with Gasteiger partial charge >= 0.3 is 12.0 Å². The Bertz CT molecular complexity index is 869. The summed E-state index contributed by atoms with van der Waals surface area (Å²) in [5.74, 6) is -1.33. The molecule has 0 atom stereocenters. The lowest BCUT2D eigenvalue weighted by atomic mass is 10.1. The van der Waals surface area contributed by atoms with Crippen molar-refractivity contribution in [2.45, 2.75) is 39.0 Å². The summed E-state index contributed by atoms with van der Waals surface area (Å²) in [6, 6.07) is 2.99. The summed E-state index contributed by atoms with van der Waals surface area (Å²) in [4.78, 5) is 35.4. The molecule has 0 fully saturated rings. The topological polar surface area (TPSA) is 122 Å². The van der Waals surface area contributed by atoms with E-state index in [-0.39, 0.29) is 28.6 Å². The third kappa shape index (κ3) is 7.58. The lowest BCUT2D eigenvalue weighted by Crippen LogP contribution is -2.42. The van der Waals surface area contributed by atoms with Crippen LogP contribution in [0.1, 0.15) is 44.5 Å². The van der Waals surface area contributed by atoms with Gasteiger partial charge in [0.25, 0.3) is 5.91 Å². The molecule has 0 radical (unpaired) electrons. The predicted octanol–water partition coefficient (Wildman–Crippen LogP) is 2.40. The predicted molar refractivity (Wildman–Crippen MR) is 113 cm³/mol. The molecule has 2 N–H and O–H groups in total. The number of halogens is 1. The first-order chi connectivity index (χ1) is 14.0. The number of carbonyl (C=O) groups is 3. The van der Waals surface area contributed by atoms with E-state index in [9.17, 15) is 22.8 Å². The van der Waals surface area contributed by atoms with Crippen molar-refractivity contribution in [1.29, 1.82) is 0 Å². The average Bonchev–Trinajstić information content (AvgIpc) is 2.66. The maximum atomic E-state index is 12.7. The van der Waals surface area contributed by atoms with Crippen LogP contribution in [-0.4, -0.2) is 56.9 Å². The molecule has 0 spiro atoms. The maximum Gasteiger partial charge on any atom is 0.338 e. The molecule has 9 nitrogen and oxygen atoms in total. The summed E-state index contributed by atoms with van der Waals surface area (Å²) in [5, 5.41) is 4.53. The van der Waals surface area contributed by atoms with Gasteiger partial charge in [0.15, 0.2) is 6.61 Å². The third-order valence-electron chi connectivity index (χ3n) is 4.08. The van der Waals surface area contributed by atoms with Gasteiger partial charge < -0.3 is 10.1 Å². The van der Waals surface area contributed by atoms with Crippen LogP contribution in [-0.2, 0) is 19.6 Å². The number of urea groups is 1. The van der Waals surface area contributed by atoms with E-state index < -0.39 is 34.5 Å². The van der Waals surface area contributed by atoms with Gasteiger partial charge in [0.05, 0.1) is 10.6 Å². The van der Waals surface area contributed by atoms with Crippen molar-refractivity contribution >= 4 is 39.5 Å². The first-order valence-corrected chi connectivity index (χ1v) is 11.4. The monoisotopic (exact) mass is 461 g/mol. The smallest absolute Gasteiger partial charge is 0.338 e. The second-order valence-corrected chi connectivity index (χ2v) is 9.11. The summed E-state index contributed by atoms with van der Waals surface area (Å²) in [5.41, 5.74) is -0.0840. The lowest BCUT2D eigenvalue weighted by molar-refractivity contribution is -0.123. The molecule has 1 aromatic rings. The van der Waals surface area contributed by atoms with E-state index in [0.717, 1.165) is 12.5 Å². The van der Waals surface area contributed by atoms with Gasteiger partial charge in [-0.05, 0) is 30.5 Å². The number of nitrogens with zero attached hydrogens (tertiary/aromatic N) is 1. The Labute approximate surface area is 182 Å². The van der Waals surface area contributed by atoms with Crippen LogP contribution in [0.3, 0.4) is 0 Å². The highest BCUT2D eigenvalue weighted by atomic mass is 35.5. The van der Waals surface area contributed by atoms with Gasteiger partial charge in [-0.2, -0.15) is 4.31 Å². The molecule has 3 amide bonds. The molecule has 0 aromatic heterocycles. The molecule has 0 aliphatic rings. The molecule has 0 aliphatic heterocycles. The number of imide groups is 1. The van der Waals surface area contributed by atoms with Gasteiger partial charge in [-0.25, -0.2) is 18.0 Å². The molecule has 0 aliphatic carbocycles. The van der Waals surface area contributed by atoms with E-state index in [0.29, 0.717) is 12.5 Å². The van der Waals surface area contributed by atoms with Crippen LogP contribution in [0.25, 0.3) is 0 Å². The quantitative estimate of drug-likeness (QED) is 0.516. The number of hydrogen-bond acceptors (Lipinski definition) is 6. The van der Waals surface area contributed by atoms with Crippen molar-refractivity contribution in [1.82, 2.24) is 14.9 Å². The summed E-state index contributed by atoms with van der Waals surface area (Å²) < 4.78 is 31.4. The second-order valence-electron chi connectivity index (χ2n) is 6.80. The molecule has 1 rings (SSSR count). The van der Waals surface area contributed by atoms with E-state index >= 15 is 0 Å². The van der Waals surface area contributed by atoms with Crippen molar-refractivity contribution in [2.75, 3.05) is 26.2 Å². The fourth-order valence-corrected chi connectivity index (χ4v) is 4.38. The fourth-order valence-electron chi connectivity index (χ4n) is 2.43. The molecular formula is C19H28ClN3O6S. The maximum absolute atomic E-state index is 12.7. The molecule has 11 heteroatoms. The molecule has 1 aromatic carbocycles. The van der Waals surface area contributed by atoms with Crippen molar-refractivity contribution < 1.29 is 27.5 Å². The highest BCUT2D eigenvalue weighted by Gasteiger charge is 2.26. The minimum Gasteiger partial charge on any atom is -0.452 e. The fraction of sp³-hybridized carbons (Fsp3) is 0.526. The van der Waals surface area contributed by atoms with E-state index in [4.69, 9.17) is 16.3 Å². The zero-order chi connectivity index (χ0) is 22.9. The number of nitrogens with one attached hydrogen (secondary N) is 2. The van der Waals surface area contributed by atoms with Gasteiger partial charge in [0.2, 0.25) is 10.0 Å². The zero-order valence-electron chi connectivity index (χ0n) is 17.5. The van der Waals surface area contributed by atoms with E-state index in [1.54, 1.807) is 13.8 Å². The van der Waals surface area contributed by atoms with Crippen molar-refractivity contribution in [3.05, 3.63) is 28.8 Å². The van der Waals surface area contributed by atoms with Gasteiger partial charge in [0, 0.05) is 19.6 Å². The highest BCUT2D eigenvalue weighted by Crippen LogP contribution is 2.26. The molecule has 30 heavy (non-hydrogen) atoms. The normalized spacial score (nSPS) is 11.4. The number of rotatable bonds is 10. The van der Waals surface area contributed by atoms with Crippen LogP contribution in [0, 0.1) is 5.92 Å². The standard InChI is InChI=1S/C19H28ClN3O6S/c1-5-23(6-2)30(27,28)16-11-14(7-8-15(16)20)18(25)29-12-17(24)22-19(26)21-10-9-13(3)4/h7-8,11,13H,5-6,9-10,12H2,1-4H3,(H2,21,22,24,26). The van der Waals surface area contributed by atoms with E-state index in [1.807, 2.05) is 19.2 Å². The van der Waals surface area contributed by atoms with Crippen LogP contribution in [0.5, 0.6) is 0 Å². The number of sulfonamides is 1. The number of esters is 1. The Kier molecular flexibility index (Phi) is 10.2. The van der Waals surface area contributed by atoms with Gasteiger partial charge in [-0.1, -0.05) is 39.3 Å². The highest BCUT2D eigenvalue weighted by molar-refractivity contribution is 7.89. The molecule has 0 saturated heterocycles. The summed E-state index contributed by atoms with van der Waals surface area (Å²) >= 11 is 6.02. The van der Waals surface area contributed by atoms with Crippen molar-refractivity contribution in [3.8, 4) is 0 Å². The minimum absolute atomic E-state index is 0.0331. The zero-order valence-corrected chi connectivity index (χ0v) is 19.1. The van der Waals surface area contributed by atoms with E-state index in [1.165, 1.54) is 16.4 Å². The van der Waals surface area contributed by atoms with Crippen molar-refractivity contribution in [2.24, 2.45) is 5.92 Å². The average molecular weight is 462 g/mol. The summed E-state index contributed by atoms with van der Waals surface area (Å²) in [6.45, 7) is 7.56. The van der Waals surface area contributed by atoms with E-state index in [2.05, 4.69) is 5.32 Å². The molecule has 0 saturated carbocycles. The first kappa shape index (κ1) is 25.9. The van der Waals surface area contributed by atoms with Crippen LogP contribution in [0.4, 0.5) is 4.79 Å². The molecule has 0 unspecified atom stereocenters. The van der Waals surface area contributed by atoms with Gasteiger partial charge in [-0.15, -0.1) is 0 Å². The third-order valence-corrected chi connectivity index (χ3v) is 6.62. The largest absolute Gasteiger partial charge is 0.452 e. The molecular weight excluding hydrogens is 434 g/mol. The Morgan fingerprint density at radius 2 is 1.80 bits per heavy atom. The first-order valence-electron chi connectivity index (χ1n) is 9.57. The van der Waals surface area contributed by atoms with Gasteiger partial charge in [-0.3, -0.25) is 10.1 Å². The molecule has 0 heterocycles. The van der Waals surface area contributed by atoms with Gasteiger partial charge in [0.1, 0.15) is 4.90 Å². The second kappa shape index (κ2) is 11.9. The van der Waals surface area contributed by atoms with Crippen LogP contribution < -0.4 is 10.6 Å². The molecule has 0 bridgehead atoms. The number of ether oxygens (including phenoxy) is 1. The number of amides is 3. The Morgan fingerprint density at radius 3 is 2.37 bits per heavy atom. The Hall–Kier alpha value is -2.17. The molecule has 168 valence electrons. The number of carbonyl (C=O) groups excluding carboxylic acids is 3. The Morgan fingerprint density at radius 1 is 1.17 bits per heavy atom. The summed E-state index contributed by atoms with van der Waals surface area (Å²) in [6.07, 6.45) is 0.756. The SMILES string of the molecule is CCN(CC)S(=O)(=O)c1cc(C(=O)OCC(=O)NC(=O)NCCC(C)C)ccc1Cl. The minimum atomic E-state index is -3.89. The number of hydrogen-bond donors (Lipinski definition) is 2. The van der Waals surface area contributed by atoms with Crippen LogP contribution in [0.15, 0.2) is 23.1 Å². The number of benzene rings is 1. The Balaban J connectivity index is 2.75. The van der Waals surface area contributed by atoms with Crippen molar-refractivity contribution in [3.63, 3.8) is 0 Å². The summed E-state index contributed by atoms with van der Waals surface area (Å²) in [7, 11) is -3.89. The van der Waals surface area contributed by atoms with Crippen LogP contribution in [0.2, 0.25) is 5.02 Å².